The number of Topliss-reactive ketones (excluding diaryl/α,β-unsaturated/α-hetero) is 1. The van der Waals surface area contributed by atoms with Gasteiger partial charge in [-0.25, -0.2) is 0 Å². The van der Waals surface area contributed by atoms with Gasteiger partial charge in [0.2, 0.25) is 0 Å². The van der Waals surface area contributed by atoms with Crippen LogP contribution in [0.1, 0.15) is 23.2 Å². The van der Waals surface area contributed by atoms with Crippen LogP contribution in [0.25, 0.3) is 0 Å². The average Bonchev–Trinajstić information content (AvgIpc) is 2.40. The summed E-state index contributed by atoms with van der Waals surface area (Å²) in [6.45, 7) is 0.936. The van der Waals surface area contributed by atoms with Gasteiger partial charge < -0.3 is 9.64 Å². The molecule has 1 aliphatic heterocycles. The first-order chi connectivity index (χ1) is 7.22. The summed E-state index contributed by atoms with van der Waals surface area (Å²) >= 11 is 0. The third kappa shape index (κ3) is 1.82. The summed E-state index contributed by atoms with van der Waals surface area (Å²) in [5, 5.41) is 0. The normalized spacial score (nSPS) is 15.9. The summed E-state index contributed by atoms with van der Waals surface area (Å²) in [7, 11) is 3.64. The van der Waals surface area contributed by atoms with Crippen molar-refractivity contribution in [1.29, 1.82) is 0 Å². The van der Waals surface area contributed by atoms with Crippen LogP contribution in [0.2, 0.25) is 0 Å². The van der Waals surface area contributed by atoms with Crippen LogP contribution in [0.4, 0.5) is 5.69 Å². The molecule has 0 fully saturated rings. The first kappa shape index (κ1) is 10.0. The van der Waals surface area contributed by atoms with E-state index in [1.165, 1.54) is 0 Å². The number of carbonyl (C=O) groups excluding carboxylic acids is 1. The van der Waals surface area contributed by atoms with Gasteiger partial charge in [-0.1, -0.05) is 0 Å². The summed E-state index contributed by atoms with van der Waals surface area (Å²) in [5.74, 6) is 0.964. The molecule has 0 amide bonds. The zero-order chi connectivity index (χ0) is 10.8. The Morgan fingerprint density at radius 1 is 1.40 bits per heavy atom. The van der Waals surface area contributed by atoms with Crippen LogP contribution in [-0.4, -0.2) is 26.5 Å². The summed E-state index contributed by atoms with van der Waals surface area (Å²) < 4.78 is 5.13. The molecule has 0 bridgehead atoms. The van der Waals surface area contributed by atoms with Crippen LogP contribution in [0.3, 0.4) is 0 Å². The SMILES string of the molecule is COc1ccc2c(c1)C(=O)CCCN2C. The van der Waals surface area contributed by atoms with Gasteiger partial charge in [0.25, 0.3) is 0 Å². The third-order valence-corrected chi connectivity index (χ3v) is 2.81. The van der Waals surface area contributed by atoms with Gasteiger partial charge in [-0.05, 0) is 24.6 Å². The van der Waals surface area contributed by atoms with E-state index in [1.807, 2.05) is 25.2 Å². The highest BCUT2D eigenvalue weighted by molar-refractivity contribution is 6.02. The molecule has 0 atom stereocenters. The standard InChI is InChI=1S/C12H15NO2/c1-13-7-3-4-12(14)10-8-9(15-2)5-6-11(10)13/h5-6,8H,3-4,7H2,1-2H3. The van der Waals surface area contributed by atoms with Gasteiger partial charge in [0, 0.05) is 31.3 Å². The van der Waals surface area contributed by atoms with Crippen LogP contribution in [0.5, 0.6) is 5.75 Å². The van der Waals surface area contributed by atoms with Gasteiger partial charge in [-0.15, -0.1) is 0 Å². The number of rotatable bonds is 1. The van der Waals surface area contributed by atoms with Crippen molar-refractivity contribution in [2.24, 2.45) is 0 Å². The number of ketones is 1. The van der Waals surface area contributed by atoms with Gasteiger partial charge in [0.1, 0.15) is 5.75 Å². The van der Waals surface area contributed by atoms with E-state index in [4.69, 9.17) is 4.74 Å². The number of benzene rings is 1. The minimum Gasteiger partial charge on any atom is -0.497 e. The number of anilines is 1. The van der Waals surface area contributed by atoms with E-state index >= 15 is 0 Å². The van der Waals surface area contributed by atoms with Crippen molar-refractivity contribution in [1.82, 2.24) is 0 Å². The molecule has 2 rings (SSSR count). The Morgan fingerprint density at radius 3 is 2.93 bits per heavy atom. The maximum Gasteiger partial charge on any atom is 0.165 e. The number of nitrogens with zero attached hydrogens (tertiary/aromatic N) is 1. The smallest absolute Gasteiger partial charge is 0.165 e. The first-order valence-electron chi connectivity index (χ1n) is 5.15. The molecule has 0 radical (unpaired) electrons. The van der Waals surface area contributed by atoms with E-state index in [0.717, 1.165) is 30.0 Å². The number of methoxy groups -OCH3 is 1. The fourth-order valence-corrected chi connectivity index (χ4v) is 1.93. The van der Waals surface area contributed by atoms with Gasteiger partial charge in [0.05, 0.1) is 7.11 Å². The lowest BCUT2D eigenvalue weighted by Crippen LogP contribution is -2.17. The third-order valence-electron chi connectivity index (χ3n) is 2.81. The summed E-state index contributed by atoms with van der Waals surface area (Å²) in [6.07, 6.45) is 1.55. The largest absolute Gasteiger partial charge is 0.497 e. The molecule has 1 heterocycles. The Labute approximate surface area is 89.7 Å². The molecule has 0 spiro atoms. The lowest BCUT2D eigenvalue weighted by atomic mass is 10.1. The second-order valence-corrected chi connectivity index (χ2v) is 3.83. The molecule has 0 saturated heterocycles. The topological polar surface area (TPSA) is 29.5 Å². The van der Waals surface area contributed by atoms with E-state index in [-0.39, 0.29) is 5.78 Å². The molecular weight excluding hydrogens is 190 g/mol. The van der Waals surface area contributed by atoms with Crippen LogP contribution in [-0.2, 0) is 0 Å². The van der Waals surface area contributed by atoms with Crippen LogP contribution in [0.15, 0.2) is 18.2 Å². The second-order valence-electron chi connectivity index (χ2n) is 3.83. The molecule has 0 aliphatic carbocycles. The molecule has 3 heteroatoms. The van der Waals surface area contributed by atoms with E-state index in [9.17, 15) is 4.79 Å². The van der Waals surface area contributed by atoms with E-state index in [0.29, 0.717) is 6.42 Å². The number of carbonyl (C=O) groups is 1. The van der Waals surface area contributed by atoms with Crippen LogP contribution < -0.4 is 9.64 Å². The van der Waals surface area contributed by atoms with Crippen molar-refractivity contribution < 1.29 is 9.53 Å². The minimum atomic E-state index is 0.216. The Bertz CT molecular complexity index is 387. The maximum absolute atomic E-state index is 11.8. The Morgan fingerprint density at radius 2 is 2.20 bits per heavy atom. The summed E-state index contributed by atoms with van der Waals surface area (Å²) in [6, 6.07) is 5.69. The maximum atomic E-state index is 11.8. The van der Waals surface area contributed by atoms with Gasteiger partial charge >= 0.3 is 0 Å². The van der Waals surface area contributed by atoms with E-state index in [2.05, 4.69) is 4.90 Å². The van der Waals surface area contributed by atoms with Gasteiger partial charge in [-0.3, -0.25) is 4.79 Å². The first-order valence-corrected chi connectivity index (χ1v) is 5.15. The predicted octanol–water partition coefficient (Wildman–Crippen LogP) is 2.11. The van der Waals surface area contributed by atoms with Crippen molar-refractivity contribution in [2.45, 2.75) is 12.8 Å². The van der Waals surface area contributed by atoms with Crippen LogP contribution >= 0.6 is 0 Å². The lowest BCUT2D eigenvalue weighted by molar-refractivity contribution is 0.0983. The number of fused-ring (bicyclic) bond motifs is 1. The molecule has 15 heavy (non-hydrogen) atoms. The van der Waals surface area contributed by atoms with Crippen molar-refractivity contribution in [3.05, 3.63) is 23.8 Å². The molecule has 1 aromatic carbocycles. The van der Waals surface area contributed by atoms with Crippen molar-refractivity contribution in [3.63, 3.8) is 0 Å². The van der Waals surface area contributed by atoms with Crippen molar-refractivity contribution in [2.75, 3.05) is 25.6 Å². The van der Waals surface area contributed by atoms with Gasteiger partial charge in [-0.2, -0.15) is 0 Å². The van der Waals surface area contributed by atoms with Crippen LogP contribution in [0, 0.1) is 0 Å². The average molecular weight is 205 g/mol. The molecule has 0 saturated carbocycles. The highest BCUT2D eigenvalue weighted by Gasteiger charge is 2.18. The molecule has 80 valence electrons. The molecule has 0 aromatic heterocycles. The highest BCUT2D eigenvalue weighted by atomic mass is 16.5. The molecule has 1 aliphatic rings. The molecule has 1 aromatic rings. The molecular formula is C12H15NO2. The second kappa shape index (κ2) is 3.93. The number of ether oxygens (including phenoxy) is 1. The van der Waals surface area contributed by atoms with E-state index in [1.54, 1.807) is 7.11 Å². The minimum absolute atomic E-state index is 0.216. The van der Waals surface area contributed by atoms with Crippen molar-refractivity contribution in [3.8, 4) is 5.75 Å². The van der Waals surface area contributed by atoms with E-state index < -0.39 is 0 Å². The monoisotopic (exact) mass is 205 g/mol. The zero-order valence-electron chi connectivity index (χ0n) is 9.12. The zero-order valence-corrected chi connectivity index (χ0v) is 9.12. The molecule has 0 N–H and O–H groups in total. The fourth-order valence-electron chi connectivity index (χ4n) is 1.93. The predicted molar refractivity (Wildman–Crippen MR) is 59.8 cm³/mol. The Hall–Kier alpha value is -1.51. The number of hydrogen-bond donors (Lipinski definition) is 0. The lowest BCUT2D eigenvalue weighted by Gasteiger charge is -2.18. The van der Waals surface area contributed by atoms with Crippen molar-refractivity contribution >= 4 is 11.5 Å². The fraction of sp³-hybridized carbons (Fsp3) is 0.417. The van der Waals surface area contributed by atoms with Gasteiger partial charge in [0.15, 0.2) is 5.78 Å². The number of hydrogen-bond acceptors (Lipinski definition) is 3. The molecule has 0 unspecified atom stereocenters. The Kier molecular flexibility index (Phi) is 2.62. The summed E-state index contributed by atoms with van der Waals surface area (Å²) in [4.78, 5) is 14.0. The quantitative estimate of drug-likeness (QED) is 0.703. The summed E-state index contributed by atoms with van der Waals surface area (Å²) in [5.41, 5.74) is 1.80. The Balaban J connectivity index is 2.50. The highest BCUT2D eigenvalue weighted by Crippen LogP contribution is 2.28. The molecule has 3 nitrogen and oxygen atoms in total.